The molecular formula is C13H14I3NO6S. The van der Waals surface area contributed by atoms with E-state index in [4.69, 9.17) is 4.55 Å². The average molecular weight is 693 g/mol. The zero-order valence-electron chi connectivity index (χ0n) is 12.2. The summed E-state index contributed by atoms with van der Waals surface area (Å²) < 4.78 is 36.9. The molecule has 0 heterocycles. The van der Waals surface area contributed by atoms with Crippen molar-refractivity contribution in [3.63, 3.8) is 0 Å². The summed E-state index contributed by atoms with van der Waals surface area (Å²) in [5, 5.41) is 2.74. The van der Waals surface area contributed by atoms with Gasteiger partial charge < -0.3 is 10.1 Å². The van der Waals surface area contributed by atoms with Gasteiger partial charge in [-0.1, -0.05) is 0 Å². The Kier molecular flexibility index (Phi) is 9.68. The van der Waals surface area contributed by atoms with Crippen LogP contribution in [0.4, 0.5) is 0 Å². The molecule has 1 aromatic carbocycles. The number of carbonyl (C=O) groups is 2. The predicted molar refractivity (Wildman–Crippen MR) is 114 cm³/mol. The van der Waals surface area contributed by atoms with Gasteiger partial charge in [-0.05, 0) is 86.3 Å². The van der Waals surface area contributed by atoms with Gasteiger partial charge in [0.15, 0.2) is 0 Å². The number of nitrogens with one attached hydrogen (secondary N) is 1. The van der Waals surface area contributed by atoms with Gasteiger partial charge in [0, 0.05) is 23.7 Å². The maximum Gasteiger partial charge on any atom is 0.305 e. The topological polar surface area (TPSA) is 110 Å². The van der Waals surface area contributed by atoms with E-state index in [2.05, 4.69) is 77.8 Å². The highest BCUT2D eigenvalue weighted by Crippen LogP contribution is 2.22. The Morgan fingerprint density at radius 1 is 1.21 bits per heavy atom. The van der Waals surface area contributed by atoms with Gasteiger partial charge in [0.1, 0.15) is 12.4 Å². The number of amides is 1. The number of hydrogen-bond donors (Lipinski definition) is 2. The maximum absolute atomic E-state index is 12.2. The summed E-state index contributed by atoms with van der Waals surface area (Å²) in [7, 11) is -4.13. The predicted octanol–water partition coefficient (Wildman–Crippen LogP) is 2.44. The summed E-state index contributed by atoms with van der Waals surface area (Å²) >= 11 is 6.42. The van der Waals surface area contributed by atoms with Crippen molar-refractivity contribution >= 4 is 89.8 Å². The van der Waals surface area contributed by atoms with Crippen molar-refractivity contribution in [3.8, 4) is 0 Å². The van der Waals surface area contributed by atoms with E-state index < -0.39 is 21.8 Å². The van der Waals surface area contributed by atoms with E-state index >= 15 is 0 Å². The first-order chi connectivity index (χ1) is 11.1. The van der Waals surface area contributed by atoms with Crippen LogP contribution < -0.4 is 5.32 Å². The summed E-state index contributed by atoms with van der Waals surface area (Å²) in [6.07, 6.45) is 0.417. The molecule has 0 fully saturated rings. The number of ether oxygens (including phenoxy) is 1. The second-order valence-corrected chi connectivity index (χ2v) is 9.67. The molecule has 0 aliphatic rings. The fraction of sp³-hybridized carbons (Fsp3) is 0.385. The van der Waals surface area contributed by atoms with E-state index in [-0.39, 0.29) is 18.9 Å². The molecule has 0 saturated heterocycles. The zero-order valence-corrected chi connectivity index (χ0v) is 19.5. The number of carbonyl (C=O) groups excluding carboxylic acids is 2. The monoisotopic (exact) mass is 693 g/mol. The van der Waals surface area contributed by atoms with Crippen LogP contribution in [0, 0.1) is 10.7 Å². The smallest absolute Gasteiger partial charge is 0.305 e. The van der Waals surface area contributed by atoms with Crippen molar-refractivity contribution in [2.24, 2.45) is 0 Å². The normalized spacial score (nSPS) is 11.2. The highest BCUT2D eigenvalue weighted by molar-refractivity contribution is 14.1. The van der Waals surface area contributed by atoms with Crippen molar-refractivity contribution in [1.29, 1.82) is 0 Å². The van der Waals surface area contributed by atoms with E-state index in [0.29, 0.717) is 18.5 Å². The largest absolute Gasteiger partial charge is 0.464 e. The van der Waals surface area contributed by atoms with E-state index in [1.54, 1.807) is 6.07 Å². The van der Waals surface area contributed by atoms with E-state index in [9.17, 15) is 18.0 Å². The molecule has 1 aromatic rings. The third-order valence-electron chi connectivity index (χ3n) is 2.69. The van der Waals surface area contributed by atoms with E-state index in [1.807, 2.05) is 6.07 Å². The minimum absolute atomic E-state index is 0.0483. The summed E-state index contributed by atoms with van der Waals surface area (Å²) in [6, 6.07) is 3.77. The second kappa shape index (κ2) is 10.4. The van der Waals surface area contributed by atoms with Crippen molar-refractivity contribution < 1.29 is 27.3 Å². The van der Waals surface area contributed by atoms with E-state index in [1.165, 1.54) is 0 Å². The van der Waals surface area contributed by atoms with Crippen molar-refractivity contribution in [1.82, 2.24) is 5.32 Å². The zero-order chi connectivity index (χ0) is 18.3. The molecule has 0 radical (unpaired) electrons. The van der Waals surface area contributed by atoms with Gasteiger partial charge in [-0.3, -0.25) is 14.1 Å². The number of rotatable bonds is 8. The van der Waals surface area contributed by atoms with Gasteiger partial charge >= 0.3 is 5.97 Å². The SMILES string of the molecule is O=C(CCCNC(=O)c1cc(I)cc(I)c1I)OCCS(=O)(=O)O. The molecule has 24 heavy (non-hydrogen) atoms. The van der Waals surface area contributed by atoms with Gasteiger partial charge in [0.25, 0.3) is 16.0 Å². The summed E-state index contributed by atoms with van der Waals surface area (Å²) in [4.78, 5) is 23.5. The fourth-order valence-electron chi connectivity index (χ4n) is 1.58. The summed E-state index contributed by atoms with van der Waals surface area (Å²) in [6.45, 7) is -0.0898. The first kappa shape index (κ1) is 22.3. The van der Waals surface area contributed by atoms with Crippen LogP contribution in [0.3, 0.4) is 0 Å². The summed E-state index contributed by atoms with van der Waals surface area (Å²) in [5.74, 6) is -1.42. The number of hydrogen-bond acceptors (Lipinski definition) is 5. The molecule has 2 N–H and O–H groups in total. The molecule has 1 amide bonds. The standard InChI is InChI=1S/C13H14I3NO6S/c14-8-6-9(12(16)10(15)7-8)13(19)17-3-1-2-11(18)23-4-5-24(20,21)22/h6-7H,1-5H2,(H,17,19)(H,20,21,22). The second-order valence-electron chi connectivity index (χ2n) is 4.62. The Morgan fingerprint density at radius 2 is 1.88 bits per heavy atom. The third-order valence-corrected chi connectivity index (χ3v) is 7.04. The Labute approximate surface area is 180 Å². The highest BCUT2D eigenvalue weighted by Gasteiger charge is 2.13. The van der Waals surface area contributed by atoms with Crippen molar-refractivity contribution in [3.05, 3.63) is 28.4 Å². The van der Waals surface area contributed by atoms with Gasteiger partial charge in [0.05, 0.1) is 5.56 Å². The lowest BCUT2D eigenvalue weighted by atomic mass is 10.2. The molecule has 0 unspecified atom stereocenters. The third kappa shape index (κ3) is 8.57. The van der Waals surface area contributed by atoms with Crippen LogP contribution in [-0.2, 0) is 19.6 Å². The van der Waals surface area contributed by atoms with Crippen LogP contribution >= 0.6 is 67.8 Å². The molecule has 0 bridgehead atoms. The Hall–Kier alpha value is 0.260. The van der Waals surface area contributed by atoms with Crippen LogP contribution in [-0.4, -0.2) is 43.8 Å². The van der Waals surface area contributed by atoms with Crippen LogP contribution in [0.5, 0.6) is 0 Å². The van der Waals surface area contributed by atoms with Crippen molar-refractivity contribution in [2.45, 2.75) is 12.8 Å². The molecule has 0 spiro atoms. The first-order valence-electron chi connectivity index (χ1n) is 6.63. The van der Waals surface area contributed by atoms with Crippen LogP contribution in [0.15, 0.2) is 12.1 Å². The lowest BCUT2D eigenvalue weighted by molar-refractivity contribution is -0.143. The molecule has 0 saturated carbocycles. The van der Waals surface area contributed by atoms with Crippen LogP contribution in [0.25, 0.3) is 0 Å². The molecule has 1 rings (SSSR count). The molecule has 0 aliphatic carbocycles. The summed E-state index contributed by atoms with van der Waals surface area (Å²) in [5.41, 5.74) is 0.586. The maximum atomic E-state index is 12.2. The van der Waals surface area contributed by atoms with Crippen LogP contribution in [0.2, 0.25) is 0 Å². The van der Waals surface area contributed by atoms with Gasteiger partial charge in [-0.2, -0.15) is 8.42 Å². The Bertz CT molecular complexity index is 723. The molecular weight excluding hydrogens is 679 g/mol. The molecule has 7 nitrogen and oxygen atoms in total. The number of benzene rings is 1. The number of esters is 1. The number of halogens is 3. The molecule has 0 atom stereocenters. The molecule has 0 aromatic heterocycles. The van der Waals surface area contributed by atoms with Gasteiger partial charge in [0.2, 0.25) is 0 Å². The minimum atomic E-state index is -4.13. The Morgan fingerprint density at radius 3 is 2.50 bits per heavy atom. The lowest BCUT2D eigenvalue weighted by Gasteiger charge is -2.09. The lowest BCUT2D eigenvalue weighted by Crippen LogP contribution is -2.26. The molecule has 11 heteroatoms. The molecule has 0 aliphatic heterocycles. The van der Waals surface area contributed by atoms with Gasteiger partial charge in [-0.15, -0.1) is 0 Å². The quantitative estimate of drug-likeness (QED) is 0.143. The van der Waals surface area contributed by atoms with Gasteiger partial charge in [-0.25, -0.2) is 0 Å². The van der Waals surface area contributed by atoms with E-state index in [0.717, 1.165) is 10.7 Å². The minimum Gasteiger partial charge on any atom is -0.464 e. The first-order valence-corrected chi connectivity index (χ1v) is 11.5. The average Bonchev–Trinajstić information content (AvgIpc) is 2.45. The fourth-order valence-corrected chi connectivity index (χ4v) is 4.28. The van der Waals surface area contributed by atoms with Crippen molar-refractivity contribution in [2.75, 3.05) is 18.9 Å². The highest BCUT2D eigenvalue weighted by atomic mass is 127. The van der Waals surface area contributed by atoms with Crippen LogP contribution in [0.1, 0.15) is 23.2 Å². The Balaban J connectivity index is 2.35. The molecule has 134 valence electrons.